The molecule has 0 saturated carbocycles. The average molecular weight is 360 g/mol. The molecule has 0 aliphatic carbocycles. The topological polar surface area (TPSA) is 81.5 Å². The predicted molar refractivity (Wildman–Crippen MR) is 102 cm³/mol. The van der Waals surface area contributed by atoms with Gasteiger partial charge in [-0.1, -0.05) is 24.3 Å². The van der Waals surface area contributed by atoms with E-state index in [1.807, 2.05) is 52.9 Å². The lowest BCUT2D eigenvalue weighted by Crippen LogP contribution is -2.10. The number of para-hydroxylation sites is 4. The molecule has 0 aliphatic rings. The third kappa shape index (κ3) is 2.36. The molecule has 0 fully saturated rings. The number of hydrogen-bond acceptors (Lipinski definition) is 5. The van der Waals surface area contributed by atoms with Crippen molar-refractivity contribution in [1.82, 2.24) is 19.4 Å². The molecule has 0 unspecified atom stereocenters. The number of hydrogen-bond donors (Lipinski definition) is 1. The highest BCUT2D eigenvalue weighted by Gasteiger charge is 2.25. The summed E-state index contributed by atoms with van der Waals surface area (Å²) in [4.78, 5) is 25.6. The quantitative estimate of drug-likeness (QED) is 0.393. The van der Waals surface area contributed by atoms with Crippen LogP contribution in [-0.4, -0.2) is 45.6 Å². The molecule has 27 heavy (non-hydrogen) atoms. The maximum absolute atomic E-state index is 12.8. The average Bonchev–Trinajstić information content (AvgIpc) is 3.20. The second-order valence-corrected chi connectivity index (χ2v) is 6.22. The van der Waals surface area contributed by atoms with Crippen LogP contribution in [0.5, 0.6) is 0 Å². The van der Waals surface area contributed by atoms with Crippen LogP contribution in [-0.2, 0) is 9.47 Å². The fourth-order valence-electron chi connectivity index (χ4n) is 3.38. The molecule has 3 aromatic heterocycles. The number of imidazole rings is 1. The smallest absolute Gasteiger partial charge is 0.344 e. The summed E-state index contributed by atoms with van der Waals surface area (Å²) < 4.78 is 12.3. The van der Waals surface area contributed by atoms with Gasteiger partial charge >= 0.3 is 5.97 Å². The van der Waals surface area contributed by atoms with E-state index in [-0.39, 0.29) is 6.61 Å². The van der Waals surface area contributed by atoms with E-state index in [2.05, 4.69) is 9.97 Å². The van der Waals surface area contributed by atoms with Crippen molar-refractivity contribution in [1.29, 1.82) is 0 Å². The van der Waals surface area contributed by atoms with Gasteiger partial charge in [0.2, 0.25) is 0 Å². The number of rotatable bonds is 4. The second kappa shape index (κ2) is 6.07. The van der Waals surface area contributed by atoms with Crippen LogP contribution >= 0.6 is 0 Å². The van der Waals surface area contributed by atoms with E-state index in [0.717, 1.165) is 22.1 Å². The van der Waals surface area contributed by atoms with Crippen molar-refractivity contribution in [3.8, 4) is 0 Å². The van der Waals surface area contributed by atoms with Crippen molar-refractivity contribution < 1.29 is 14.3 Å². The minimum atomic E-state index is -0.448. The molecule has 0 aliphatic heterocycles. The van der Waals surface area contributed by atoms with Crippen LogP contribution in [0.25, 0.3) is 38.9 Å². The number of esters is 1. The van der Waals surface area contributed by atoms with Gasteiger partial charge in [-0.05, 0) is 24.3 Å². The van der Waals surface area contributed by atoms with E-state index in [1.165, 1.54) is 0 Å². The first-order valence-corrected chi connectivity index (χ1v) is 8.61. The van der Waals surface area contributed by atoms with Crippen LogP contribution in [0.3, 0.4) is 0 Å². The molecule has 5 aromatic rings. The Morgan fingerprint density at radius 2 is 1.74 bits per heavy atom. The summed E-state index contributed by atoms with van der Waals surface area (Å²) in [6, 6.07) is 15.5. The zero-order valence-corrected chi connectivity index (χ0v) is 14.6. The van der Waals surface area contributed by atoms with Crippen LogP contribution in [0, 0.1) is 0 Å². The number of aromatic nitrogens is 4. The van der Waals surface area contributed by atoms with E-state index in [9.17, 15) is 4.79 Å². The predicted octanol–water partition coefficient (Wildman–Crippen LogP) is 3.32. The number of H-pyrrole nitrogens is 1. The fourth-order valence-corrected chi connectivity index (χ4v) is 3.38. The summed E-state index contributed by atoms with van der Waals surface area (Å²) in [6.45, 7) is 0.511. The van der Waals surface area contributed by atoms with Gasteiger partial charge in [0.25, 0.3) is 0 Å². The summed E-state index contributed by atoms with van der Waals surface area (Å²) in [6.07, 6.45) is 0. The minimum absolute atomic E-state index is 0.176. The van der Waals surface area contributed by atoms with Crippen molar-refractivity contribution in [3.05, 3.63) is 54.1 Å². The highest BCUT2D eigenvalue weighted by molar-refractivity contribution is 6.11. The first-order chi connectivity index (χ1) is 13.3. The Labute approximate surface area is 153 Å². The molecular weight excluding hydrogens is 344 g/mol. The molecule has 3 heterocycles. The number of carbonyl (C=O) groups is 1. The van der Waals surface area contributed by atoms with E-state index in [0.29, 0.717) is 29.0 Å². The third-order valence-corrected chi connectivity index (χ3v) is 4.58. The normalized spacial score (nSPS) is 11.7. The van der Waals surface area contributed by atoms with E-state index in [1.54, 1.807) is 7.11 Å². The number of nitrogens with zero attached hydrogens (tertiary/aromatic N) is 3. The number of methoxy groups -OCH3 is 1. The molecule has 0 radical (unpaired) electrons. The Kier molecular flexibility index (Phi) is 3.54. The van der Waals surface area contributed by atoms with Gasteiger partial charge in [0.1, 0.15) is 17.7 Å². The van der Waals surface area contributed by atoms with Crippen molar-refractivity contribution in [2.75, 3.05) is 20.3 Å². The van der Waals surface area contributed by atoms with Crippen molar-refractivity contribution in [2.45, 2.75) is 0 Å². The van der Waals surface area contributed by atoms with Crippen molar-refractivity contribution >= 4 is 44.8 Å². The molecule has 0 saturated heterocycles. The molecule has 134 valence electrons. The van der Waals surface area contributed by atoms with Gasteiger partial charge in [-0.3, -0.25) is 4.40 Å². The molecule has 1 N–H and O–H groups in total. The van der Waals surface area contributed by atoms with Crippen molar-refractivity contribution in [2.24, 2.45) is 0 Å². The highest BCUT2D eigenvalue weighted by Crippen LogP contribution is 2.30. The minimum Gasteiger partial charge on any atom is -0.459 e. The monoisotopic (exact) mass is 360 g/mol. The summed E-state index contributed by atoms with van der Waals surface area (Å²) in [7, 11) is 1.56. The largest absolute Gasteiger partial charge is 0.459 e. The fraction of sp³-hybridized carbons (Fsp3) is 0.150. The Hall–Kier alpha value is -3.45. The molecule has 7 heteroatoms. The number of fused-ring (bicyclic) bond motifs is 6. The molecule has 7 nitrogen and oxygen atoms in total. The van der Waals surface area contributed by atoms with Crippen molar-refractivity contribution in [3.63, 3.8) is 0 Å². The highest BCUT2D eigenvalue weighted by atomic mass is 16.6. The van der Waals surface area contributed by atoms with Gasteiger partial charge in [-0.15, -0.1) is 0 Å². The summed E-state index contributed by atoms with van der Waals surface area (Å²) in [5.74, 6) is -0.448. The number of carbonyl (C=O) groups excluding carboxylic acids is 1. The molecule has 0 atom stereocenters. The van der Waals surface area contributed by atoms with Crippen LogP contribution in [0.1, 0.15) is 10.4 Å². The Morgan fingerprint density at radius 3 is 2.59 bits per heavy atom. The Bertz CT molecular complexity index is 1310. The molecule has 0 amide bonds. The first kappa shape index (κ1) is 15.8. The maximum atomic E-state index is 12.8. The molecule has 0 bridgehead atoms. The van der Waals surface area contributed by atoms with Gasteiger partial charge in [0.05, 0.1) is 28.7 Å². The van der Waals surface area contributed by atoms with E-state index in [4.69, 9.17) is 14.5 Å². The van der Waals surface area contributed by atoms with Gasteiger partial charge < -0.3 is 14.5 Å². The van der Waals surface area contributed by atoms with E-state index < -0.39 is 5.97 Å². The SMILES string of the molecule is COCCOC(=O)c1c2[nH]c3ccccc3nc2n2c1nc1ccccc12. The number of benzene rings is 2. The van der Waals surface area contributed by atoms with Crippen LogP contribution < -0.4 is 0 Å². The van der Waals surface area contributed by atoms with E-state index >= 15 is 0 Å². The summed E-state index contributed by atoms with van der Waals surface area (Å²) in [5.41, 5.74) is 5.53. The van der Waals surface area contributed by atoms with Crippen LogP contribution in [0.4, 0.5) is 0 Å². The molecule has 2 aromatic carbocycles. The first-order valence-electron chi connectivity index (χ1n) is 8.61. The lowest BCUT2D eigenvalue weighted by Gasteiger charge is -2.04. The van der Waals surface area contributed by atoms with Gasteiger partial charge in [0.15, 0.2) is 11.3 Å². The van der Waals surface area contributed by atoms with Gasteiger partial charge in [-0.2, -0.15) is 0 Å². The Morgan fingerprint density at radius 1 is 1.00 bits per heavy atom. The molecule has 5 rings (SSSR count). The second-order valence-electron chi connectivity index (χ2n) is 6.22. The number of ether oxygens (including phenoxy) is 2. The molecular formula is C20H16N4O3. The summed E-state index contributed by atoms with van der Waals surface area (Å²) in [5, 5.41) is 0. The van der Waals surface area contributed by atoms with Gasteiger partial charge in [-0.25, -0.2) is 14.8 Å². The maximum Gasteiger partial charge on any atom is 0.344 e. The van der Waals surface area contributed by atoms with Gasteiger partial charge in [0, 0.05) is 7.11 Å². The summed E-state index contributed by atoms with van der Waals surface area (Å²) >= 11 is 0. The lowest BCUT2D eigenvalue weighted by molar-refractivity contribution is 0.0392. The zero-order chi connectivity index (χ0) is 18.4. The number of aromatic amines is 1. The number of nitrogens with one attached hydrogen (secondary N) is 1. The lowest BCUT2D eigenvalue weighted by atomic mass is 10.2. The third-order valence-electron chi connectivity index (χ3n) is 4.58. The zero-order valence-electron chi connectivity index (χ0n) is 14.6. The Balaban J connectivity index is 1.86. The standard InChI is InChI=1S/C20H16N4O3/c1-26-10-11-27-20(25)16-17-19(22-13-7-3-2-6-12(13)21-17)24-15-9-5-4-8-14(15)23-18(16)24/h2-9,21H,10-11H2,1H3. The molecule has 0 spiro atoms. The van der Waals surface area contributed by atoms with Crippen LogP contribution in [0.15, 0.2) is 48.5 Å². The van der Waals surface area contributed by atoms with Crippen LogP contribution in [0.2, 0.25) is 0 Å².